The van der Waals surface area contributed by atoms with Crippen LogP contribution in [-0.2, 0) is 4.79 Å². The van der Waals surface area contributed by atoms with E-state index in [-0.39, 0.29) is 18.4 Å². The number of carbonyl (C=O) groups excluding carboxylic acids is 2. The van der Waals surface area contributed by atoms with Gasteiger partial charge in [0.05, 0.1) is 6.54 Å². The van der Waals surface area contributed by atoms with Gasteiger partial charge in [-0.15, -0.1) is 0 Å². The van der Waals surface area contributed by atoms with E-state index in [2.05, 4.69) is 21.6 Å². The molecule has 24 heavy (non-hydrogen) atoms. The Bertz CT molecular complexity index is 710. The Morgan fingerprint density at radius 1 is 0.958 bits per heavy atom. The summed E-state index contributed by atoms with van der Waals surface area (Å²) in [4.78, 5) is 26.3. The minimum atomic E-state index is -0.253. The van der Waals surface area contributed by atoms with E-state index in [1.807, 2.05) is 24.3 Å². The maximum atomic E-state index is 12.0. The lowest BCUT2D eigenvalue weighted by Crippen LogP contribution is -2.32. The van der Waals surface area contributed by atoms with E-state index in [0.29, 0.717) is 5.56 Å². The number of hydrogen-bond donors (Lipinski definition) is 2. The second-order valence-electron chi connectivity index (χ2n) is 5.84. The molecule has 3 rings (SSSR count). The molecule has 0 radical (unpaired) electrons. The van der Waals surface area contributed by atoms with Crippen LogP contribution in [0.25, 0.3) is 0 Å². The number of nitrogens with zero attached hydrogens (tertiary/aromatic N) is 1. The molecule has 1 aliphatic rings. The highest BCUT2D eigenvalue weighted by molar-refractivity contribution is 5.99. The molecule has 5 heteroatoms. The minimum absolute atomic E-state index is 0.0539. The molecule has 0 unspecified atom stereocenters. The van der Waals surface area contributed by atoms with Gasteiger partial charge in [0.1, 0.15) is 0 Å². The van der Waals surface area contributed by atoms with E-state index in [1.165, 1.54) is 12.8 Å². The van der Waals surface area contributed by atoms with Crippen molar-refractivity contribution in [1.82, 2.24) is 5.32 Å². The number of carbonyl (C=O) groups is 2. The summed E-state index contributed by atoms with van der Waals surface area (Å²) in [5.74, 6) is -0.491. The standard InChI is InChI=1S/C19H21N3O2/c23-18(14-20-19(24)15-7-2-1-3-8-15)21-16-9-6-10-17(13-16)22-11-4-5-12-22/h1-3,6-10,13H,4-5,11-12,14H2,(H,20,24)(H,21,23). The molecule has 0 spiro atoms. The fraction of sp³-hybridized carbons (Fsp3) is 0.263. The maximum absolute atomic E-state index is 12.0. The predicted octanol–water partition coefficient (Wildman–Crippen LogP) is 2.66. The highest BCUT2D eigenvalue weighted by Gasteiger charge is 2.13. The first-order valence-corrected chi connectivity index (χ1v) is 8.20. The van der Waals surface area contributed by atoms with E-state index in [1.54, 1.807) is 24.3 Å². The van der Waals surface area contributed by atoms with Crippen molar-refractivity contribution in [1.29, 1.82) is 0 Å². The van der Waals surface area contributed by atoms with Gasteiger partial charge < -0.3 is 15.5 Å². The Balaban J connectivity index is 1.53. The topological polar surface area (TPSA) is 61.4 Å². The molecule has 0 aromatic heterocycles. The van der Waals surface area contributed by atoms with E-state index >= 15 is 0 Å². The second-order valence-corrected chi connectivity index (χ2v) is 5.84. The van der Waals surface area contributed by atoms with Gasteiger partial charge in [-0.3, -0.25) is 9.59 Å². The van der Waals surface area contributed by atoms with Crippen molar-refractivity contribution in [3.8, 4) is 0 Å². The van der Waals surface area contributed by atoms with Gasteiger partial charge in [-0.1, -0.05) is 24.3 Å². The Labute approximate surface area is 141 Å². The Hall–Kier alpha value is -2.82. The average Bonchev–Trinajstić information content (AvgIpc) is 3.15. The van der Waals surface area contributed by atoms with Crippen LogP contribution in [0.1, 0.15) is 23.2 Å². The fourth-order valence-corrected chi connectivity index (χ4v) is 2.81. The largest absolute Gasteiger partial charge is 0.371 e. The summed E-state index contributed by atoms with van der Waals surface area (Å²) in [6, 6.07) is 16.7. The molecule has 2 aromatic carbocycles. The van der Waals surface area contributed by atoms with Gasteiger partial charge in [0.25, 0.3) is 5.91 Å². The van der Waals surface area contributed by atoms with Crippen molar-refractivity contribution in [3.05, 3.63) is 60.2 Å². The summed E-state index contributed by atoms with van der Waals surface area (Å²) in [6.07, 6.45) is 2.42. The van der Waals surface area contributed by atoms with Crippen LogP contribution in [0.4, 0.5) is 11.4 Å². The van der Waals surface area contributed by atoms with Crippen LogP contribution >= 0.6 is 0 Å². The van der Waals surface area contributed by atoms with E-state index < -0.39 is 0 Å². The van der Waals surface area contributed by atoms with Gasteiger partial charge in [-0.05, 0) is 43.2 Å². The lowest BCUT2D eigenvalue weighted by molar-refractivity contribution is -0.115. The third-order valence-electron chi connectivity index (χ3n) is 4.05. The molecule has 0 saturated carbocycles. The number of amides is 2. The number of nitrogens with one attached hydrogen (secondary N) is 2. The Morgan fingerprint density at radius 2 is 1.71 bits per heavy atom. The number of hydrogen-bond acceptors (Lipinski definition) is 3. The van der Waals surface area contributed by atoms with Gasteiger partial charge in [0.2, 0.25) is 5.91 Å². The molecule has 0 aliphatic carbocycles. The molecular formula is C19H21N3O2. The molecule has 124 valence electrons. The van der Waals surface area contributed by atoms with Crippen LogP contribution in [0.5, 0.6) is 0 Å². The molecule has 1 fully saturated rings. The molecule has 1 heterocycles. The molecule has 1 aliphatic heterocycles. The Morgan fingerprint density at radius 3 is 2.46 bits per heavy atom. The van der Waals surface area contributed by atoms with E-state index in [9.17, 15) is 9.59 Å². The first-order valence-electron chi connectivity index (χ1n) is 8.20. The molecule has 0 bridgehead atoms. The first kappa shape index (κ1) is 16.1. The number of rotatable bonds is 5. The van der Waals surface area contributed by atoms with Gasteiger partial charge in [0, 0.05) is 30.0 Å². The molecule has 2 aromatic rings. The molecule has 2 N–H and O–H groups in total. The van der Waals surface area contributed by atoms with E-state index in [4.69, 9.17) is 0 Å². The normalized spacial score (nSPS) is 13.6. The second kappa shape index (κ2) is 7.64. The fourth-order valence-electron chi connectivity index (χ4n) is 2.81. The smallest absolute Gasteiger partial charge is 0.251 e. The number of anilines is 2. The van der Waals surface area contributed by atoms with Crippen LogP contribution in [0.15, 0.2) is 54.6 Å². The van der Waals surface area contributed by atoms with Gasteiger partial charge in [-0.25, -0.2) is 0 Å². The van der Waals surface area contributed by atoms with Gasteiger partial charge in [0.15, 0.2) is 0 Å². The summed E-state index contributed by atoms with van der Waals surface area (Å²) in [6.45, 7) is 2.07. The van der Waals surface area contributed by atoms with Crippen LogP contribution in [0.3, 0.4) is 0 Å². The molecule has 2 amide bonds. The quantitative estimate of drug-likeness (QED) is 0.889. The number of benzene rings is 2. The monoisotopic (exact) mass is 323 g/mol. The SMILES string of the molecule is O=C(CNC(=O)c1ccccc1)Nc1cccc(N2CCCC2)c1. The maximum Gasteiger partial charge on any atom is 0.251 e. The zero-order valence-corrected chi connectivity index (χ0v) is 13.5. The lowest BCUT2D eigenvalue weighted by Gasteiger charge is -2.18. The van der Waals surface area contributed by atoms with Crippen molar-refractivity contribution < 1.29 is 9.59 Å². The average molecular weight is 323 g/mol. The Kier molecular flexibility index (Phi) is 5.11. The van der Waals surface area contributed by atoms with Crippen molar-refractivity contribution in [3.63, 3.8) is 0 Å². The summed E-state index contributed by atoms with van der Waals surface area (Å²) < 4.78 is 0. The summed E-state index contributed by atoms with van der Waals surface area (Å²) in [5, 5.41) is 5.46. The van der Waals surface area contributed by atoms with Crippen molar-refractivity contribution in [2.75, 3.05) is 29.9 Å². The predicted molar refractivity (Wildman–Crippen MR) is 95.3 cm³/mol. The zero-order valence-electron chi connectivity index (χ0n) is 13.5. The summed E-state index contributed by atoms with van der Waals surface area (Å²) >= 11 is 0. The van der Waals surface area contributed by atoms with Crippen LogP contribution in [0.2, 0.25) is 0 Å². The first-order chi connectivity index (χ1) is 11.7. The van der Waals surface area contributed by atoms with Crippen LogP contribution in [-0.4, -0.2) is 31.4 Å². The van der Waals surface area contributed by atoms with Crippen LogP contribution < -0.4 is 15.5 Å². The van der Waals surface area contributed by atoms with Crippen molar-refractivity contribution >= 4 is 23.2 Å². The van der Waals surface area contributed by atoms with Crippen molar-refractivity contribution in [2.24, 2.45) is 0 Å². The third kappa shape index (κ3) is 4.13. The summed E-state index contributed by atoms with van der Waals surface area (Å²) in [7, 11) is 0. The van der Waals surface area contributed by atoms with Gasteiger partial charge >= 0.3 is 0 Å². The molecular weight excluding hydrogens is 302 g/mol. The third-order valence-corrected chi connectivity index (χ3v) is 4.05. The summed E-state index contributed by atoms with van der Waals surface area (Å²) in [5.41, 5.74) is 2.42. The van der Waals surface area contributed by atoms with E-state index in [0.717, 1.165) is 24.5 Å². The zero-order chi connectivity index (χ0) is 16.8. The lowest BCUT2D eigenvalue weighted by atomic mass is 10.2. The highest BCUT2D eigenvalue weighted by atomic mass is 16.2. The van der Waals surface area contributed by atoms with Gasteiger partial charge in [-0.2, -0.15) is 0 Å². The van der Waals surface area contributed by atoms with Crippen LogP contribution in [0, 0.1) is 0 Å². The highest BCUT2D eigenvalue weighted by Crippen LogP contribution is 2.23. The molecule has 5 nitrogen and oxygen atoms in total. The van der Waals surface area contributed by atoms with Crippen molar-refractivity contribution in [2.45, 2.75) is 12.8 Å². The molecule has 1 saturated heterocycles. The molecule has 0 atom stereocenters. The minimum Gasteiger partial charge on any atom is -0.371 e.